The lowest BCUT2D eigenvalue weighted by Crippen LogP contribution is -2.38. The summed E-state index contributed by atoms with van der Waals surface area (Å²) in [6.45, 7) is 12.1. The number of aliphatic imine (C=N–C) groups is 1. The Morgan fingerprint density at radius 1 is 1.20 bits per heavy atom. The second-order valence-electron chi connectivity index (χ2n) is 7.50. The molecule has 142 valence electrons. The lowest BCUT2D eigenvalue weighted by molar-refractivity contribution is 0.176. The van der Waals surface area contributed by atoms with E-state index in [1.165, 1.54) is 37.1 Å². The fourth-order valence-corrected chi connectivity index (χ4v) is 3.16. The van der Waals surface area contributed by atoms with Gasteiger partial charge in [0.1, 0.15) is 0 Å². The van der Waals surface area contributed by atoms with Crippen molar-refractivity contribution in [1.82, 2.24) is 15.5 Å². The molecule has 1 aliphatic rings. The maximum atomic E-state index is 4.26. The van der Waals surface area contributed by atoms with Crippen molar-refractivity contribution >= 4 is 29.9 Å². The zero-order valence-electron chi connectivity index (χ0n) is 16.2. The summed E-state index contributed by atoms with van der Waals surface area (Å²) in [7, 11) is 1.82. The van der Waals surface area contributed by atoms with Crippen LogP contribution in [0, 0.1) is 11.8 Å². The maximum absolute atomic E-state index is 4.26. The van der Waals surface area contributed by atoms with E-state index in [2.05, 4.69) is 65.6 Å². The molecule has 0 aliphatic carbocycles. The van der Waals surface area contributed by atoms with Crippen molar-refractivity contribution < 1.29 is 0 Å². The minimum absolute atomic E-state index is 0. The number of hydrogen-bond donors (Lipinski definition) is 2. The van der Waals surface area contributed by atoms with Crippen LogP contribution in [0.3, 0.4) is 0 Å². The maximum Gasteiger partial charge on any atom is 0.191 e. The number of nitrogens with one attached hydrogen (secondary N) is 2. The molecule has 1 aromatic rings. The third kappa shape index (κ3) is 8.40. The highest BCUT2D eigenvalue weighted by Gasteiger charge is 2.16. The van der Waals surface area contributed by atoms with Crippen LogP contribution in [0.1, 0.15) is 44.7 Å². The summed E-state index contributed by atoms with van der Waals surface area (Å²) in [4.78, 5) is 6.85. The Hall–Kier alpha value is -0.820. The van der Waals surface area contributed by atoms with Crippen LogP contribution in [-0.2, 0) is 13.1 Å². The SMILES string of the molecule is CN=C(NCc1ccc(CN2CCCC(C)C2)cc1)NCC(C)C.I. The van der Waals surface area contributed by atoms with Gasteiger partial charge in [0.2, 0.25) is 0 Å². The number of guanidine groups is 1. The average Bonchev–Trinajstić information content (AvgIpc) is 2.56. The van der Waals surface area contributed by atoms with E-state index in [1.807, 2.05) is 7.05 Å². The van der Waals surface area contributed by atoms with E-state index < -0.39 is 0 Å². The van der Waals surface area contributed by atoms with Gasteiger partial charge in [-0.15, -0.1) is 24.0 Å². The largest absolute Gasteiger partial charge is 0.356 e. The Kier molecular flexibility index (Phi) is 10.4. The molecular weight excluding hydrogens is 423 g/mol. The standard InChI is InChI=1S/C20H34N4.HI/c1-16(2)12-22-20(21-4)23-13-18-7-9-19(10-8-18)15-24-11-5-6-17(3)14-24;/h7-10,16-17H,5-6,11-15H2,1-4H3,(H2,21,22,23);1H. The molecule has 0 bridgehead atoms. The van der Waals surface area contributed by atoms with E-state index in [1.54, 1.807) is 0 Å². The van der Waals surface area contributed by atoms with Crippen LogP contribution in [-0.4, -0.2) is 37.5 Å². The van der Waals surface area contributed by atoms with Gasteiger partial charge in [0, 0.05) is 33.2 Å². The van der Waals surface area contributed by atoms with Crippen LogP contribution in [0.15, 0.2) is 29.3 Å². The molecule has 1 fully saturated rings. The highest BCUT2D eigenvalue weighted by atomic mass is 127. The van der Waals surface area contributed by atoms with Gasteiger partial charge in [0.05, 0.1) is 0 Å². The lowest BCUT2D eigenvalue weighted by Gasteiger charge is -2.30. The number of piperidine rings is 1. The molecule has 1 unspecified atom stereocenters. The minimum atomic E-state index is 0. The molecule has 1 aliphatic heterocycles. The molecule has 1 aromatic carbocycles. The summed E-state index contributed by atoms with van der Waals surface area (Å²) in [5.41, 5.74) is 2.70. The fraction of sp³-hybridized carbons (Fsp3) is 0.650. The van der Waals surface area contributed by atoms with Gasteiger partial charge in [-0.2, -0.15) is 0 Å². The number of rotatable bonds is 6. The van der Waals surface area contributed by atoms with E-state index in [0.717, 1.165) is 31.5 Å². The predicted molar refractivity (Wildman–Crippen MR) is 119 cm³/mol. The first kappa shape index (κ1) is 22.2. The van der Waals surface area contributed by atoms with Crippen molar-refractivity contribution in [2.24, 2.45) is 16.8 Å². The first-order valence-corrected chi connectivity index (χ1v) is 9.31. The monoisotopic (exact) mass is 458 g/mol. The van der Waals surface area contributed by atoms with Gasteiger partial charge in [0.25, 0.3) is 0 Å². The van der Waals surface area contributed by atoms with Crippen molar-refractivity contribution in [2.75, 3.05) is 26.7 Å². The zero-order valence-corrected chi connectivity index (χ0v) is 18.5. The Bertz CT molecular complexity index is 513. The molecule has 4 nitrogen and oxygen atoms in total. The van der Waals surface area contributed by atoms with Crippen molar-refractivity contribution in [3.8, 4) is 0 Å². The van der Waals surface area contributed by atoms with E-state index in [9.17, 15) is 0 Å². The van der Waals surface area contributed by atoms with Crippen molar-refractivity contribution in [3.05, 3.63) is 35.4 Å². The summed E-state index contributed by atoms with van der Waals surface area (Å²) in [6.07, 6.45) is 2.72. The molecular formula is C20H35IN4. The third-order valence-corrected chi connectivity index (χ3v) is 4.53. The van der Waals surface area contributed by atoms with Gasteiger partial charge < -0.3 is 10.6 Å². The Morgan fingerprint density at radius 2 is 1.88 bits per heavy atom. The van der Waals surface area contributed by atoms with Crippen molar-refractivity contribution in [2.45, 2.75) is 46.7 Å². The van der Waals surface area contributed by atoms with Crippen LogP contribution in [0.2, 0.25) is 0 Å². The predicted octanol–water partition coefficient (Wildman–Crippen LogP) is 3.86. The number of likely N-dealkylation sites (tertiary alicyclic amines) is 1. The third-order valence-electron chi connectivity index (χ3n) is 4.53. The Morgan fingerprint density at radius 3 is 2.48 bits per heavy atom. The molecule has 0 saturated carbocycles. The first-order valence-electron chi connectivity index (χ1n) is 9.31. The van der Waals surface area contributed by atoms with Gasteiger partial charge in [-0.1, -0.05) is 45.0 Å². The lowest BCUT2D eigenvalue weighted by atomic mass is 9.99. The summed E-state index contributed by atoms with van der Waals surface area (Å²) in [5, 5.41) is 6.72. The van der Waals surface area contributed by atoms with Gasteiger partial charge in [0.15, 0.2) is 5.96 Å². The zero-order chi connectivity index (χ0) is 17.4. The molecule has 1 saturated heterocycles. The van der Waals surface area contributed by atoms with Gasteiger partial charge in [-0.25, -0.2) is 0 Å². The quantitative estimate of drug-likeness (QED) is 0.387. The molecule has 25 heavy (non-hydrogen) atoms. The molecule has 0 amide bonds. The topological polar surface area (TPSA) is 39.7 Å². The van der Waals surface area contributed by atoms with Gasteiger partial charge >= 0.3 is 0 Å². The molecule has 2 N–H and O–H groups in total. The molecule has 5 heteroatoms. The second-order valence-corrected chi connectivity index (χ2v) is 7.50. The van der Waals surface area contributed by atoms with Crippen LogP contribution < -0.4 is 10.6 Å². The number of hydrogen-bond acceptors (Lipinski definition) is 2. The van der Waals surface area contributed by atoms with Crippen molar-refractivity contribution in [1.29, 1.82) is 0 Å². The molecule has 1 heterocycles. The summed E-state index contributed by atoms with van der Waals surface area (Å²) >= 11 is 0. The summed E-state index contributed by atoms with van der Waals surface area (Å²) in [6, 6.07) is 8.98. The summed E-state index contributed by atoms with van der Waals surface area (Å²) < 4.78 is 0. The fourth-order valence-electron chi connectivity index (χ4n) is 3.16. The molecule has 0 aromatic heterocycles. The summed E-state index contributed by atoms with van der Waals surface area (Å²) in [5.74, 6) is 2.32. The Labute approximate surface area is 170 Å². The molecule has 2 rings (SSSR count). The van der Waals surface area contributed by atoms with E-state index in [0.29, 0.717) is 5.92 Å². The number of halogens is 1. The van der Waals surface area contributed by atoms with Gasteiger partial charge in [-0.05, 0) is 42.3 Å². The molecule has 0 spiro atoms. The second kappa shape index (κ2) is 11.7. The van der Waals surface area contributed by atoms with E-state index >= 15 is 0 Å². The van der Waals surface area contributed by atoms with Crippen LogP contribution in [0.4, 0.5) is 0 Å². The number of benzene rings is 1. The average molecular weight is 458 g/mol. The van der Waals surface area contributed by atoms with Crippen LogP contribution >= 0.6 is 24.0 Å². The van der Waals surface area contributed by atoms with Crippen LogP contribution in [0.25, 0.3) is 0 Å². The van der Waals surface area contributed by atoms with E-state index in [-0.39, 0.29) is 24.0 Å². The first-order chi connectivity index (χ1) is 11.6. The molecule has 0 radical (unpaired) electrons. The Balaban J connectivity index is 0.00000312. The van der Waals surface area contributed by atoms with E-state index in [4.69, 9.17) is 0 Å². The highest BCUT2D eigenvalue weighted by molar-refractivity contribution is 14.0. The van der Waals surface area contributed by atoms with Crippen LogP contribution in [0.5, 0.6) is 0 Å². The minimum Gasteiger partial charge on any atom is -0.356 e. The smallest absolute Gasteiger partial charge is 0.191 e. The normalized spacial score (nSPS) is 18.8. The number of nitrogens with zero attached hydrogens (tertiary/aromatic N) is 2. The van der Waals surface area contributed by atoms with Crippen molar-refractivity contribution in [3.63, 3.8) is 0 Å². The van der Waals surface area contributed by atoms with Gasteiger partial charge in [-0.3, -0.25) is 9.89 Å². The highest BCUT2D eigenvalue weighted by Crippen LogP contribution is 2.18. The molecule has 1 atom stereocenters.